The van der Waals surface area contributed by atoms with Crippen LogP contribution in [0.25, 0.3) is 11.2 Å². The highest BCUT2D eigenvalue weighted by atomic mass is 79.9. The minimum absolute atomic E-state index is 0.406. The number of thiophene rings is 1. The van der Waals surface area contributed by atoms with Gasteiger partial charge in [-0.15, -0.1) is 11.3 Å². The Hall–Kier alpha value is -1.20. The van der Waals surface area contributed by atoms with Gasteiger partial charge in [-0.25, -0.2) is 9.97 Å². The van der Waals surface area contributed by atoms with Crippen LogP contribution in [-0.4, -0.2) is 15.0 Å². The smallest absolute Gasteiger partial charge is 0.177 e. The van der Waals surface area contributed by atoms with Gasteiger partial charge in [0.1, 0.15) is 5.82 Å². The van der Waals surface area contributed by atoms with Crippen LogP contribution in [0.15, 0.2) is 28.2 Å². The van der Waals surface area contributed by atoms with Crippen LogP contribution in [-0.2, 0) is 6.42 Å². The van der Waals surface area contributed by atoms with Crippen molar-refractivity contribution in [3.05, 3.63) is 44.4 Å². The SMILES string of the molecule is Brc1cnc2nc(C3CCCc4sccc43)[nH]c2c1. The predicted molar refractivity (Wildman–Crippen MR) is 80.7 cm³/mol. The number of rotatable bonds is 1. The number of fused-ring (bicyclic) bond motifs is 2. The molecule has 0 bridgehead atoms. The number of aromatic amines is 1. The highest BCUT2D eigenvalue weighted by Gasteiger charge is 2.25. The van der Waals surface area contributed by atoms with Crippen LogP contribution in [0.2, 0.25) is 0 Å². The lowest BCUT2D eigenvalue weighted by Gasteiger charge is -2.20. The molecule has 19 heavy (non-hydrogen) atoms. The van der Waals surface area contributed by atoms with E-state index in [9.17, 15) is 0 Å². The average Bonchev–Trinajstić information content (AvgIpc) is 3.03. The first kappa shape index (κ1) is 11.6. The van der Waals surface area contributed by atoms with E-state index >= 15 is 0 Å². The lowest BCUT2D eigenvalue weighted by Crippen LogP contribution is -2.09. The minimum atomic E-state index is 0.406. The van der Waals surface area contributed by atoms with Crippen molar-refractivity contribution in [2.24, 2.45) is 0 Å². The summed E-state index contributed by atoms with van der Waals surface area (Å²) in [6.45, 7) is 0. The fraction of sp³-hybridized carbons (Fsp3) is 0.286. The summed E-state index contributed by atoms with van der Waals surface area (Å²) in [6.07, 6.45) is 5.43. The number of nitrogens with one attached hydrogen (secondary N) is 1. The molecule has 0 saturated heterocycles. The van der Waals surface area contributed by atoms with Crippen LogP contribution >= 0.6 is 27.3 Å². The van der Waals surface area contributed by atoms with Crippen molar-refractivity contribution in [1.29, 1.82) is 0 Å². The van der Waals surface area contributed by atoms with E-state index in [0.29, 0.717) is 5.92 Å². The monoisotopic (exact) mass is 333 g/mol. The number of imidazole rings is 1. The van der Waals surface area contributed by atoms with E-state index < -0.39 is 0 Å². The molecule has 96 valence electrons. The highest BCUT2D eigenvalue weighted by molar-refractivity contribution is 9.10. The standard InChI is InChI=1S/C14H12BrN3S/c15-8-6-11-14(16-7-8)18-13(17-11)10-2-1-3-12-9(10)4-5-19-12/h4-7,10H,1-3H2,(H,16,17,18). The van der Waals surface area contributed by atoms with Crippen LogP contribution in [0.5, 0.6) is 0 Å². The van der Waals surface area contributed by atoms with Crippen molar-refractivity contribution in [1.82, 2.24) is 15.0 Å². The van der Waals surface area contributed by atoms with Crippen molar-refractivity contribution in [3.63, 3.8) is 0 Å². The third-order valence-electron chi connectivity index (χ3n) is 3.70. The summed E-state index contributed by atoms with van der Waals surface area (Å²) >= 11 is 5.32. The van der Waals surface area contributed by atoms with Gasteiger partial charge in [0.2, 0.25) is 0 Å². The lowest BCUT2D eigenvalue weighted by molar-refractivity contribution is 0.604. The predicted octanol–water partition coefficient (Wildman–Crippen LogP) is 4.25. The van der Waals surface area contributed by atoms with E-state index in [4.69, 9.17) is 0 Å². The van der Waals surface area contributed by atoms with Crippen molar-refractivity contribution in [2.45, 2.75) is 25.2 Å². The van der Waals surface area contributed by atoms with Crippen molar-refractivity contribution in [3.8, 4) is 0 Å². The summed E-state index contributed by atoms with van der Waals surface area (Å²) < 4.78 is 0.982. The first-order valence-corrected chi connectivity index (χ1v) is 8.06. The van der Waals surface area contributed by atoms with Crippen molar-refractivity contribution >= 4 is 38.4 Å². The molecule has 0 fully saturated rings. The number of hydrogen-bond acceptors (Lipinski definition) is 3. The molecular formula is C14H12BrN3S. The number of aromatic nitrogens is 3. The Kier molecular flexibility index (Phi) is 2.70. The normalized spacial score (nSPS) is 18.7. The first-order chi connectivity index (χ1) is 9.31. The van der Waals surface area contributed by atoms with E-state index in [1.165, 1.54) is 29.7 Å². The molecule has 0 aromatic carbocycles. The van der Waals surface area contributed by atoms with Crippen molar-refractivity contribution in [2.75, 3.05) is 0 Å². The van der Waals surface area contributed by atoms with Crippen LogP contribution in [0, 0.1) is 0 Å². The zero-order valence-corrected chi connectivity index (χ0v) is 12.6. The molecule has 3 heterocycles. The van der Waals surface area contributed by atoms with Gasteiger partial charge in [0.15, 0.2) is 5.65 Å². The van der Waals surface area contributed by atoms with E-state index in [1.807, 2.05) is 17.4 Å². The number of halogens is 1. The molecule has 0 aliphatic heterocycles. The summed E-state index contributed by atoms with van der Waals surface area (Å²) in [4.78, 5) is 14.0. The fourth-order valence-corrected chi connectivity index (χ4v) is 4.15. The third-order valence-corrected chi connectivity index (χ3v) is 5.13. The first-order valence-electron chi connectivity index (χ1n) is 6.39. The molecule has 3 nitrogen and oxygen atoms in total. The molecular weight excluding hydrogens is 322 g/mol. The van der Waals surface area contributed by atoms with Gasteiger partial charge in [0, 0.05) is 21.5 Å². The van der Waals surface area contributed by atoms with Crippen LogP contribution in [0.1, 0.15) is 35.0 Å². The molecule has 1 atom stereocenters. The molecule has 1 aliphatic carbocycles. The third kappa shape index (κ3) is 1.92. The molecule has 3 aromatic heterocycles. The highest BCUT2D eigenvalue weighted by Crippen LogP contribution is 2.38. The number of hydrogen-bond donors (Lipinski definition) is 1. The summed E-state index contributed by atoms with van der Waals surface area (Å²) in [6, 6.07) is 4.29. The van der Waals surface area contributed by atoms with Gasteiger partial charge in [0.25, 0.3) is 0 Å². The van der Waals surface area contributed by atoms with Crippen LogP contribution in [0.3, 0.4) is 0 Å². The molecule has 0 saturated carbocycles. The van der Waals surface area contributed by atoms with E-state index in [-0.39, 0.29) is 0 Å². The van der Waals surface area contributed by atoms with Crippen molar-refractivity contribution < 1.29 is 0 Å². The van der Waals surface area contributed by atoms with Gasteiger partial charge in [-0.1, -0.05) is 0 Å². The second-order valence-corrected chi connectivity index (χ2v) is 6.81. The van der Waals surface area contributed by atoms with Gasteiger partial charge in [0.05, 0.1) is 5.52 Å². The second kappa shape index (κ2) is 4.42. The van der Waals surface area contributed by atoms with Gasteiger partial charge in [-0.3, -0.25) is 0 Å². The molecule has 0 spiro atoms. The molecule has 1 unspecified atom stereocenters. The van der Waals surface area contributed by atoms with Gasteiger partial charge in [-0.05, 0) is 58.3 Å². The lowest BCUT2D eigenvalue weighted by atomic mass is 9.87. The van der Waals surface area contributed by atoms with Crippen LogP contribution in [0.4, 0.5) is 0 Å². The number of nitrogens with zero attached hydrogens (tertiary/aromatic N) is 2. The average molecular weight is 334 g/mol. The summed E-state index contributed by atoms with van der Waals surface area (Å²) in [5.74, 6) is 1.46. The maximum Gasteiger partial charge on any atom is 0.177 e. The van der Waals surface area contributed by atoms with Gasteiger partial charge in [-0.2, -0.15) is 0 Å². The Morgan fingerprint density at radius 3 is 3.32 bits per heavy atom. The largest absolute Gasteiger partial charge is 0.340 e. The molecule has 0 amide bonds. The number of H-pyrrole nitrogens is 1. The Bertz CT molecular complexity index is 746. The number of aryl methyl sites for hydroxylation is 1. The minimum Gasteiger partial charge on any atom is -0.340 e. The zero-order chi connectivity index (χ0) is 12.8. The summed E-state index contributed by atoms with van der Waals surface area (Å²) in [5, 5.41) is 2.19. The molecule has 5 heteroatoms. The molecule has 4 rings (SSSR count). The Morgan fingerprint density at radius 2 is 2.37 bits per heavy atom. The Balaban J connectivity index is 1.83. The van der Waals surface area contributed by atoms with E-state index in [1.54, 1.807) is 6.20 Å². The fourth-order valence-electron chi connectivity index (χ4n) is 2.83. The van der Waals surface area contributed by atoms with E-state index in [2.05, 4.69) is 42.3 Å². The van der Waals surface area contributed by atoms with Crippen LogP contribution < -0.4 is 0 Å². The maximum absolute atomic E-state index is 4.67. The molecule has 1 aliphatic rings. The number of pyridine rings is 1. The second-order valence-electron chi connectivity index (χ2n) is 4.89. The summed E-state index contributed by atoms with van der Waals surface area (Å²) in [7, 11) is 0. The Labute approximate surface area is 123 Å². The quantitative estimate of drug-likeness (QED) is 0.723. The topological polar surface area (TPSA) is 41.6 Å². The summed E-state index contributed by atoms with van der Waals surface area (Å²) in [5.41, 5.74) is 3.27. The maximum atomic E-state index is 4.67. The van der Waals surface area contributed by atoms with Gasteiger partial charge >= 0.3 is 0 Å². The molecule has 1 N–H and O–H groups in total. The molecule has 3 aromatic rings. The van der Waals surface area contributed by atoms with Gasteiger partial charge < -0.3 is 4.98 Å². The van der Waals surface area contributed by atoms with E-state index in [0.717, 1.165) is 21.5 Å². The Morgan fingerprint density at radius 1 is 1.42 bits per heavy atom. The molecule has 0 radical (unpaired) electrons. The zero-order valence-electron chi connectivity index (χ0n) is 10.2.